The first-order chi connectivity index (χ1) is 7.35. The lowest BCUT2D eigenvalue weighted by atomic mass is 10.3. The highest BCUT2D eigenvalue weighted by Gasteiger charge is 2.49. The van der Waals surface area contributed by atoms with Crippen LogP contribution >= 0.6 is 16.0 Å². The van der Waals surface area contributed by atoms with Crippen molar-refractivity contribution in [1.82, 2.24) is 0 Å². The highest BCUT2D eigenvalue weighted by Crippen LogP contribution is 2.65. The summed E-state index contributed by atoms with van der Waals surface area (Å²) < 4.78 is 28.4. The third-order valence-electron chi connectivity index (χ3n) is 1.62. The van der Waals surface area contributed by atoms with Crippen LogP contribution in [0.1, 0.15) is 12.8 Å². The third kappa shape index (κ3) is 4.76. The Morgan fingerprint density at radius 2 is 2.25 bits per heavy atom. The SMILES string of the molecule is COP(=O)(O)O[P+](O)(O)O/C=C1\CCCO1. The van der Waals surface area contributed by atoms with E-state index in [1.165, 1.54) is 0 Å². The highest BCUT2D eigenvalue weighted by molar-refractivity contribution is 7.65. The molecular weight excluding hydrogens is 262 g/mol. The van der Waals surface area contributed by atoms with Crippen LogP contribution in [-0.2, 0) is 22.7 Å². The Hall–Kier alpha value is -0.200. The zero-order valence-corrected chi connectivity index (χ0v) is 10.3. The summed E-state index contributed by atoms with van der Waals surface area (Å²) >= 11 is 0. The molecule has 1 saturated heterocycles. The first-order valence-electron chi connectivity index (χ1n) is 4.29. The van der Waals surface area contributed by atoms with E-state index in [2.05, 4.69) is 13.4 Å². The maximum Gasteiger partial charge on any atom is 0.626 e. The van der Waals surface area contributed by atoms with Crippen LogP contribution in [0, 0.1) is 0 Å². The van der Waals surface area contributed by atoms with Gasteiger partial charge in [-0.3, -0.25) is 9.05 Å². The van der Waals surface area contributed by atoms with Gasteiger partial charge in [0.2, 0.25) is 0 Å². The van der Waals surface area contributed by atoms with Crippen molar-refractivity contribution in [2.45, 2.75) is 12.8 Å². The van der Waals surface area contributed by atoms with Crippen LogP contribution in [0.2, 0.25) is 0 Å². The van der Waals surface area contributed by atoms with Crippen LogP contribution in [0.4, 0.5) is 0 Å². The summed E-state index contributed by atoms with van der Waals surface area (Å²) in [6.07, 6.45) is 2.35. The monoisotopic (exact) mass is 275 g/mol. The minimum Gasteiger partial charge on any atom is -0.495 e. The van der Waals surface area contributed by atoms with Crippen LogP contribution in [0.25, 0.3) is 0 Å². The minimum atomic E-state index is -4.50. The molecule has 1 atom stereocenters. The van der Waals surface area contributed by atoms with Gasteiger partial charge in [-0.25, -0.2) is 4.57 Å². The number of phosphoric acid groups is 1. The molecule has 1 unspecified atom stereocenters. The van der Waals surface area contributed by atoms with Gasteiger partial charge in [0.25, 0.3) is 0 Å². The fourth-order valence-electron chi connectivity index (χ4n) is 0.929. The van der Waals surface area contributed by atoms with E-state index in [4.69, 9.17) is 19.4 Å². The van der Waals surface area contributed by atoms with Crippen LogP contribution < -0.4 is 0 Å². The molecule has 0 spiro atoms. The molecule has 10 heteroatoms. The fraction of sp³-hybridized carbons (Fsp3) is 0.667. The summed E-state index contributed by atoms with van der Waals surface area (Å²) in [6.45, 7) is 0.523. The van der Waals surface area contributed by atoms with Crippen molar-refractivity contribution >= 4 is 16.0 Å². The molecule has 1 fully saturated rings. The van der Waals surface area contributed by atoms with Gasteiger partial charge in [0.1, 0.15) is 5.76 Å². The van der Waals surface area contributed by atoms with E-state index >= 15 is 0 Å². The third-order valence-corrected chi connectivity index (χ3v) is 4.13. The Bertz CT molecular complexity index is 306. The molecule has 1 heterocycles. The summed E-state index contributed by atoms with van der Waals surface area (Å²) in [5.41, 5.74) is 0. The predicted molar refractivity (Wildman–Crippen MR) is 53.6 cm³/mol. The first kappa shape index (κ1) is 13.9. The van der Waals surface area contributed by atoms with Crippen molar-refractivity contribution in [3.8, 4) is 0 Å². The van der Waals surface area contributed by atoms with Crippen LogP contribution in [-0.4, -0.2) is 28.4 Å². The number of rotatable bonds is 5. The molecule has 0 aromatic rings. The van der Waals surface area contributed by atoms with E-state index in [9.17, 15) is 4.57 Å². The van der Waals surface area contributed by atoms with Crippen molar-refractivity contribution < 1.29 is 37.3 Å². The molecule has 0 amide bonds. The number of ether oxygens (including phenoxy) is 1. The Kier molecular flexibility index (Phi) is 4.70. The first-order valence-corrected chi connectivity index (χ1v) is 7.32. The summed E-state index contributed by atoms with van der Waals surface area (Å²) in [6, 6.07) is 0. The molecule has 0 aromatic heterocycles. The molecule has 0 bridgehead atoms. The molecule has 94 valence electrons. The number of hydrogen-bond acceptors (Lipinski definition) is 7. The normalized spacial score (nSPS) is 22.9. The summed E-state index contributed by atoms with van der Waals surface area (Å²) in [7, 11) is -8.04. The zero-order valence-electron chi connectivity index (χ0n) is 8.48. The zero-order chi connectivity index (χ0) is 12.2. The van der Waals surface area contributed by atoms with Crippen molar-refractivity contribution in [1.29, 1.82) is 0 Å². The molecule has 1 rings (SSSR count). The number of phosphoric ester groups is 1. The van der Waals surface area contributed by atoms with E-state index < -0.39 is 16.0 Å². The van der Waals surface area contributed by atoms with E-state index in [1.807, 2.05) is 0 Å². The Morgan fingerprint density at radius 1 is 1.56 bits per heavy atom. The molecule has 3 N–H and O–H groups in total. The van der Waals surface area contributed by atoms with Gasteiger partial charge in [-0.05, 0) is 10.7 Å². The summed E-state index contributed by atoms with van der Waals surface area (Å²) in [5, 5.41) is 0. The second-order valence-corrected chi connectivity index (χ2v) is 6.01. The second kappa shape index (κ2) is 5.42. The largest absolute Gasteiger partial charge is 0.626 e. The fourth-order valence-corrected chi connectivity index (χ4v) is 2.68. The molecule has 1 aliphatic rings. The standard InChI is InChI=1S/C6H12O8P2/c1-11-15(7,8)14-16(9,10)13-5-6-3-2-4-12-6/h5,9-10H,2-4H2,1H3/p+1/b6-5+. The van der Waals surface area contributed by atoms with E-state index in [-0.39, 0.29) is 0 Å². The highest BCUT2D eigenvalue weighted by atomic mass is 31.3. The molecule has 1 aliphatic heterocycles. The van der Waals surface area contributed by atoms with Gasteiger partial charge in [0.15, 0.2) is 6.26 Å². The van der Waals surface area contributed by atoms with Gasteiger partial charge in [-0.15, -0.1) is 0 Å². The maximum atomic E-state index is 10.9. The van der Waals surface area contributed by atoms with E-state index in [0.717, 1.165) is 19.8 Å². The van der Waals surface area contributed by atoms with Gasteiger partial charge in [0, 0.05) is 13.5 Å². The lowest BCUT2D eigenvalue weighted by Gasteiger charge is -2.10. The molecular formula is C6H13O8P2+. The summed E-state index contributed by atoms with van der Waals surface area (Å²) in [4.78, 5) is 27.1. The van der Waals surface area contributed by atoms with Crippen LogP contribution in [0.15, 0.2) is 12.0 Å². The van der Waals surface area contributed by atoms with Gasteiger partial charge in [0.05, 0.1) is 6.61 Å². The molecule has 0 aromatic carbocycles. The topological polar surface area (TPSA) is 115 Å². The minimum absolute atomic E-state index is 0.418. The molecule has 0 aliphatic carbocycles. The lowest BCUT2D eigenvalue weighted by Crippen LogP contribution is -1.98. The van der Waals surface area contributed by atoms with Crippen molar-refractivity contribution in [2.75, 3.05) is 13.7 Å². The Labute approximate surface area is 92.7 Å². The van der Waals surface area contributed by atoms with Crippen molar-refractivity contribution in [2.24, 2.45) is 0 Å². The Balaban J connectivity index is 2.51. The Morgan fingerprint density at radius 3 is 2.75 bits per heavy atom. The van der Waals surface area contributed by atoms with Crippen molar-refractivity contribution in [3.05, 3.63) is 12.0 Å². The van der Waals surface area contributed by atoms with Gasteiger partial charge >= 0.3 is 16.0 Å². The smallest absolute Gasteiger partial charge is 0.495 e. The van der Waals surface area contributed by atoms with E-state index in [0.29, 0.717) is 18.8 Å². The van der Waals surface area contributed by atoms with Crippen molar-refractivity contribution in [3.63, 3.8) is 0 Å². The van der Waals surface area contributed by atoms with Crippen LogP contribution in [0.3, 0.4) is 0 Å². The van der Waals surface area contributed by atoms with Crippen LogP contribution in [0.5, 0.6) is 0 Å². The average Bonchev–Trinajstić information content (AvgIpc) is 2.66. The molecule has 8 nitrogen and oxygen atoms in total. The number of allylic oxidation sites excluding steroid dienone is 1. The molecule has 0 radical (unpaired) electrons. The maximum absolute atomic E-state index is 10.9. The quantitative estimate of drug-likeness (QED) is 0.504. The average molecular weight is 275 g/mol. The van der Waals surface area contributed by atoms with Gasteiger partial charge in [-0.1, -0.05) is 0 Å². The van der Waals surface area contributed by atoms with E-state index in [1.54, 1.807) is 0 Å². The second-order valence-electron chi connectivity index (χ2n) is 2.86. The predicted octanol–water partition coefficient (Wildman–Crippen LogP) is 1.08. The van der Waals surface area contributed by atoms with Gasteiger partial charge in [-0.2, -0.15) is 9.79 Å². The van der Waals surface area contributed by atoms with Gasteiger partial charge < -0.3 is 9.63 Å². The number of hydrogen-bond donors (Lipinski definition) is 3. The molecule has 0 saturated carbocycles. The molecule has 16 heavy (non-hydrogen) atoms. The summed E-state index contributed by atoms with van der Waals surface area (Å²) in [5.74, 6) is 0.418. The lowest BCUT2D eigenvalue weighted by molar-refractivity contribution is 0.167.